The van der Waals surface area contributed by atoms with Gasteiger partial charge in [0.1, 0.15) is 0 Å². The third kappa shape index (κ3) is 3.12. The van der Waals surface area contributed by atoms with E-state index in [0.29, 0.717) is 22.0 Å². The van der Waals surface area contributed by atoms with E-state index in [-0.39, 0.29) is 18.0 Å². The number of nitro benzene ring substituents is 1. The molecule has 0 fully saturated rings. The number of nitro groups is 1. The lowest BCUT2D eigenvalue weighted by atomic mass is 10.1. The van der Waals surface area contributed by atoms with Crippen LogP contribution >= 0.6 is 0 Å². The molecule has 0 saturated heterocycles. The van der Waals surface area contributed by atoms with E-state index in [9.17, 15) is 19.7 Å². The van der Waals surface area contributed by atoms with Crippen LogP contribution < -0.4 is 0 Å². The Balaban J connectivity index is 1.94. The number of rotatable bonds is 4. The number of hydrogen-bond acceptors (Lipinski definition) is 5. The maximum atomic E-state index is 12.6. The number of carbonyl (C=O) groups is 2. The van der Waals surface area contributed by atoms with Gasteiger partial charge < -0.3 is 4.74 Å². The van der Waals surface area contributed by atoms with E-state index >= 15 is 0 Å². The van der Waals surface area contributed by atoms with Crippen LogP contribution in [0.3, 0.4) is 0 Å². The van der Waals surface area contributed by atoms with Crippen molar-refractivity contribution in [2.75, 3.05) is 7.11 Å². The van der Waals surface area contributed by atoms with Gasteiger partial charge in [0.2, 0.25) is 5.91 Å². The third-order valence-corrected chi connectivity index (χ3v) is 3.89. The van der Waals surface area contributed by atoms with Crippen molar-refractivity contribution in [1.29, 1.82) is 0 Å². The normalized spacial score (nSPS) is 10.6. The summed E-state index contributed by atoms with van der Waals surface area (Å²) in [5, 5.41) is 11.3. The lowest BCUT2D eigenvalue weighted by Gasteiger charge is -2.04. The van der Waals surface area contributed by atoms with Gasteiger partial charge in [-0.15, -0.1) is 0 Å². The van der Waals surface area contributed by atoms with Crippen molar-refractivity contribution in [2.24, 2.45) is 0 Å². The minimum absolute atomic E-state index is 0.0319. The minimum Gasteiger partial charge on any atom is -0.465 e. The molecular weight excluding hydrogens is 324 g/mol. The largest absolute Gasteiger partial charge is 0.465 e. The summed E-state index contributed by atoms with van der Waals surface area (Å²) < 4.78 is 6.17. The molecule has 7 nitrogen and oxygen atoms in total. The molecule has 2 aromatic carbocycles. The number of non-ortho nitro benzene ring substituents is 1. The summed E-state index contributed by atoms with van der Waals surface area (Å²) in [5.41, 5.74) is 1.54. The molecule has 3 rings (SSSR count). The number of nitrogens with zero attached hydrogens (tertiary/aromatic N) is 2. The zero-order valence-corrected chi connectivity index (χ0v) is 13.3. The quantitative estimate of drug-likeness (QED) is 0.414. The number of benzene rings is 2. The van der Waals surface area contributed by atoms with Gasteiger partial charge in [0.15, 0.2) is 0 Å². The Hall–Kier alpha value is -3.48. The van der Waals surface area contributed by atoms with Gasteiger partial charge in [-0.3, -0.25) is 19.5 Å². The van der Waals surface area contributed by atoms with Crippen LogP contribution in [0.15, 0.2) is 54.7 Å². The zero-order valence-electron chi connectivity index (χ0n) is 13.3. The number of carbonyl (C=O) groups excluding carboxylic acids is 2. The van der Waals surface area contributed by atoms with Gasteiger partial charge in [-0.1, -0.05) is 30.3 Å². The fourth-order valence-electron chi connectivity index (χ4n) is 2.65. The van der Waals surface area contributed by atoms with Crippen LogP contribution in [-0.4, -0.2) is 28.5 Å². The summed E-state index contributed by atoms with van der Waals surface area (Å²) in [5.74, 6) is -0.765. The molecule has 0 aliphatic rings. The van der Waals surface area contributed by atoms with Gasteiger partial charge in [0.05, 0.1) is 29.5 Å². The molecular formula is C18H14N2O5. The van der Waals surface area contributed by atoms with Crippen molar-refractivity contribution in [2.45, 2.75) is 6.42 Å². The fraction of sp³-hybridized carbons (Fsp3) is 0.111. The fourth-order valence-corrected chi connectivity index (χ4v) is 2.65. The summed E-state index contributed by atoms with van der Waals surface area (Å²) in [4.78, 5) is 34.8. The number of fused-ring (bicyclic) bond motifs is 1. The molecule has 0 aliphatic carbocycles. The highest BCUT2D eigenvalue weighted by molar-refractivity contribution is 6.07. The molecule has 1 aromatic heterocycles. The molecule has 0 amide bonds. The molecule has 0 bridgehead atoms. The first-order valence-electron chi connectivity index (χ1n) is 7.46. The molecule has 3 aromatic rings. The van der Waals surface area contributed by atoms with E-state index in [1.165, 1.54) is 30.0 Å². The first-order chi connectivity index (χ1) is 12.0. The first kappa shape index (κ1) is 16.4. The van der Waals surface area contributed by atoms with Gasteiger partial charge in [-0.05, 0) is 11.6 Å². The maximum absolute atomic E-state index is 12.6. The lowest BCUT2D eigenvalue weighted by Crippen LogP contribution is -2.12. The van der Waals surface area contributed by atoms with Gasteiger partial charge in [-0.25, -0.2) is 4.79 Å². The van der Waals surface area contributed by atoms with E-state index in [4.69, 9.17) is 4.74 Å². The Morgan fingerprint density at radius 2 is 1.80 bits per heavy atom. The van der Waals surface area contributed by atoms with Gasteiger partial charge in [0.25, 0.3) is 5.69 Å². The molecule has 7 heteroatoms. The van der Waals surface area contributed by atoms with Crippen LogP contribution in [0, 0.1) is 10.1 Å². The van der Waals surface area contributed by atoms with E-state index < -0.39 is 10.9 Å². The highest BCUT2D eigenvalue weighted by Crippen LogP contribution is 2.23. The topological polar surface area (TPSA) is 91.4 Å². The number of methoxy groups -OCH3 is 1. The highest BCUT2D eigenvalue weighted by atomic mass is 16.6. The molecule has 0 saturated carbocycles. The molecule has 126 valence electrons. The Morgan fingerprint density at radius 1 is 1.12 bits per heavy atom. The van der Waals surface area contributed by atoms with Gasteiger partial charge >= 0.3 is 5.97 Å². The molecule has 0 atom stereocenters. The molecule has 0 aliphatic heterocycles. The van der Waals surface area contributed by atoms with Crippen LogP contribution in [0.2, 0.25) is 0 Å². The number of ether oxygens (including phenoxy) is 1. The number of para-hydroxylation sites is 1. The van der Waals surface area contributed by atoms with Crippen molar-refractivity contribution in [3.05, 3.63) is 76.0 Å². The summed E-state index contributed by atoms with van der Waals surface area (Å²) in [6.07, 6.45) is 1.52. The summed E-state index contributed by atoms with van der Waals surface area (Å²) in [6, 6.07) is 12.9. The van der Waals surface area contributed by atoms with Gasteiger partial charge in [0, 0.05) is 23.7 Å². The van der Waals surface area contributed by atoms with Crippen LogP contribution in [0.1, 0.15) is 20.7 Å². The van der Waals surface area contributed by atoms with Crippen molar-refractivity contribution < 1.29 is 19.2 Å². The zero-order chi connectivity index (χ0) is 18.0. The average Bonchev–Trinajstić information content (AvgIpc) is 3.01. The van der Waals surface area contributed by atoms with Crippen molar-refractivity contribution >= 4 is 28.5 Å². The monoisotopic (exact) mass is 338 g/mol. The second-order valence-electron chi connectivity index (χ2n) is 5.42. The summed E-state index contributed by atoms with van der Waals surface area (Å²) in [7, 11) is 1.28. The predicted octanol–water partition coefficient (Wildman–Crippen LogP) is 3.22. The number of aromatic nitrogens is 1. The smallest absolute Gasteiger partial charge is 0.340 e. The Kier molecular flexibility index (Phi) is 4.30. The molecule has 0 spiro atoms. The maximum Gasteiger partial charge on any atom is 0.340 e. The van der Waals surface area contributed by atoms with E-state index in [1.54, 1.807) is 36.4 Å². The molecule has 0 radical (unpaired) electrons. The van der Waals surface area contributed by atoms with E-state index in [0.717, 1.165) is 0 Å². The minimum atomic E-state index is -0.516. The molecule has 0 N–H and O–H groups in total. The molecule has 25 heavy (non-hydrogen) atoms. The van der Waals surface area contributed by atoms with Gasteiger partial charge in [-0.2, -0.15) is 0 Å². The molecule has 0 unspecified atom stereocenters. The van der Waals surface area contributed by atoms with Crippen molar-refractivity contribution in [3.8, 4) is 0 Å². The predicted molar refractivity (Wildman–Crippen MR) is 90.7 cm³/mol. The Morgan fingerprint density at radius 3 is 2.44 bits per heavy atom. The van der Waals surface area contributed by atoms with Crippen molar-refractivity contribution in [1.82, 2.24) is 4.57 Å². The second kappa shape index (κ2) is 6.56. The van der Waals surface area contributed by atoms with E-state index in [2.05, 4.69) is 0 Å². The number of esters is 1. The summed E-state index contributed by atoms with van der Waals surface area (Å²) >= 11 is 0. The van der Waals surface area contributed by atoms with Crippen LogP contribution in [-0.2, 0) is 11.2 Å². The molecule has 1 heterocycles. The first-order valence-corrected chi connectivity index (χ1v) is 7.46. The Bertz CT molecular complexity index is 973. The number of hydrogen-bond donors (Lipinski definition) is 0. The third-order valence-electron chi connectivity index (χ3n) is 3.89. The van der Waals surface area contributed by atoms with Crippen LogP contribution in [0.5, 0.6) is 0 Å². The van der Waals surface area contributed by atoms with Crippen LogP contribution in [0.25, 0.3) is 10.9 Å². The standard InChI is InChI=1S/C18H14N2O5/c1-25-18(22)15-11-19(16-5-3-2-4-14(15)16)17(21)10-12-6-8-13(9-7-12)20(23)24/h2-9,11H,10H2,1H3. The van der Waals surface area contributed by atoms with Crippen LogP contribution in [0.4, 0.5) is 5.69 Å². The second-order valence-corrected chi connectivity index (χ2v) is 5.42. The Labute approximate surface area is 142 Å². The SMILES string of the molecule is COC(=O)c1cn(C(=O)Cc2ccc([N+](=O)[O-])cc2)c2ccccc12. The van der Waals surface area contributed by atoms with Crippen molar-refractivity contribution in [3.63, 3.8) is 0 Å². The van der Waals surface area contributed by atoms with E-state index in [1.807, 2.05) is 0 Å². The highest BCUT2D eigenvalue weighted by Gasteiger charge is 2.18. The average molecular weight is 338 g/mol. The lowest BCUT2D eigenvalue weighted by molar-refractivity contribution is -0.384. The summed E-state index contributed by atoms with van der Waals surface area (Å²) in [6.45, 7) is 0.